The molecule has 0 spiro atoms. The summed E-state index contributed by atoms with van der Waals surface area (Å²) in [7, 11) is 0. The number of carbonyl (C=O) groups excluding carboxylic acids is 1. The van der Waals surface area contributed by atoms with Crippen molar-refractivity contribution in [2.75, 3.05) is 26.3 Å². The van der Waals surface area contributed by atoms with Crippen LogP contribution in [0.25, 0.3) is 0 Å². The second kappa shape index (κ2) is 4.07. The minimum atomic E-state index is -0.0457. The molecule has 2 saturated heterocycles. The van der Waals surface area contributed by atoms with Gasteiger partial charge in [0.15, 0.2) is 0 Å². The van der Waals surface area contributed by atoms with E-state index in [-0.39, 0.29) is 6.10 Å². The fourth-order valence-electron chi connectivity index (χ4n) is 2.14. The minimum Gasteiger partial charge on any atom is -0.460 e. The third-order valence-corrected chi connectivity index (χ3v) is 2.84. The van der Waals surface area contributed by atoms with E-state index in [4.69, 9.17) is 9.47 Å². The molecular formula is C9H15NO3. The third kappa shape index (κ3) is 1.84. The van der Waals surface area contributed by atoms with Crippen molar-refractivity contribution < 1.29 is 14.3 Å². The molecule has 4 heteroatoms. The van der Waals surface area contributed by atoms with Crippen molar-refractivity contribution in [2.45, 2.75) is 25.0 Å². The molecule has 0 saturated carbocycles. The Morgan fingerprint density at radius 3 is 2.77 bits per heavy atom. The Hall–Kier alpha value is -0.610. The largest absolute Gasteiger partial charge is 0.460 e. The molecular weight excluding hydrogens is 170 g/mol. The molecule has 0 radical (unpaired) electrons. The molecule has 2 unspecified atom stereocenters. The number of likely N-dealkylation sites (tertiary alicyclic amines) is 1. The lowest BCUT2D eigenvalue weighted by Gasteiger charge is -2.25. The van der Waals surface area contributed by atoms with E-state index in [2.05, 4.69) is 4.90 Å². The Kier molecular flexibility index (Phi) is 2.80. The van der Waals surface area contributed by atoms with E-state index in [0.717, 1.165) is 13.1 Å². The van der Waals surface area contributed by atoms with Gasteiger partial charge in [0.2, 0.25) is 0 Å². The van der Waals surface area contributed by atoms with Gasteiger partial charge in [-0.1, -0.05) is 0 Å². The Morgan fingerprint density at radius 1 is 1.31 bits per heavy atom. The molecule has 0 aromatic carbocycles. The first-order chi connectivity index (χ1) is 6.42. The molecule has 4 nitrogen and oxygen atoms in total. The van der Waals surface area contributed by atoms with Gasteiger partial charge in [0.1, 0.15) is 6.10 Å². The third-order valence-electron chi connectivity index (χ3n) is 2.84. The van der Waals surface area contributed by atoms with Crippen LogP contribution in [0.5, 0.6) is 0 Å². The topological polar surface area (TPSA) is 38.8 Å². The highest BCUT2D eigenvalue weighted by molar-refractivity contribution is 5.37. The molecule has 13 heavy (non-hydrogen) atoms. The number of ether oxygens (including phenoxy) is 2. The first kappa shape index (κ1) is 8.97. The van der Waals surface area contributed by atoms with Crippen LogP contribution in [-0.2, 0) is 14.3 Å². The Morgan fingerprint density at radius 2 is 2.08 bits per heavy atom. The molecule has 2 aliphatic heterocycles. The summed E-state index contributed by atoms with van der Waals surface area (Å²) in [5.41, 5.74) is 0. The van der Waals surface area contributed by atoms with Crippen molar-refractivity contribution in [3.8, 4) is 0 Å². The van der Waals surface area contributed by atoms with Gasteiger partial charge in [-0.2, -0.15) is 0 Å². The summed E-state index contributed by atoms with van der Waals surface area (Å²) in [6.07, 6.45) is 2.46. The normalized spacial score (nSPS) is 35.1. The number of hydrogen-bond acceptors (Lipinski definition) is 4. The zero-order valence-corrected chi connectivity index (χ0v) is 7.65. The van der Waals surface area contributed by atoms with Gasteiger partial charge in [-0.3, -0.25) is 9.69 Å². The second-order valence-electron chi connectivity index (χ2n) is 3.62. The second-order valence-corrected chi connectivity index (χ2v) is 3.62. The standard InChI is InChI=1S/C9H15NO3/c11-7-13-9-6-12-5-8(9)10-3-1-2-4-10/h7-9H,1-6H2. The van der Waals surface area contributed by atoms with Gasteiger partial charge in [-0.05, 0) is 25.9 Å². The van der Waals surface area contributed by atoms with Crippen molar-refractivity contribution in [1.29, 1.82) is 0 Å². The average molecular weight is 185 g/mol. The Balaban J connectivity index is 1.91. The van der Waals surface area contributed by atoms with Crippen LogP contribution in [0.1, 0.15) is 12.8 Å². The Bertz CT molecular complexity index is 180. The fourth-order valence-corrected chi connectivity index (χ4v) is 2.14. The fraction of sp³-hybridized carbons (Fsp3) is 0.889. The van der Waals surface area contributed by atoms with Crippen molar-refractivity contribution >= 4 is 6.47 Å². The van der Waals surface area contributed by atoms with E-state index in [1.54, 1.807) is 0 Å². The lowest BCUT2D eigenvalue weighted by atomic mass is 10.2. The van der Waals surface area contributed by atoms with Crippen LogP contribution in [0, 0.1) is 0 Å². The monoisotopic (exact) mass is 185 g/mol. The van der Waals surface area contributed by atoms with E-state index in [1.165, 1.54) is 12.8 Å². The summed E-state index contributed by atoms with van der Waals surface area (Å²) < 4.78 is 10.3. The summed E-state index contributed by atoms with van der Waals surface area (Å²) in [4.78, 5) is 12.6. The van der Waals surface area contributed by atoms with Gasteiger partial charge in [0.05, 0.1) is 19.3 Å². The van der Waals surface area contributed by atoms with E-state index in [1.807, 2.05) is 0 Å². The number of carbonyl (C=O) groups is 1. The van der Waals surface area contributed by atoms with E-state index in [9.17, 15) is 4.79 Å². The summed E-state index contributed by atoms with van der Waals surface area (Å²) in [6.45, 7) is 4.03. The molecule has 2 atom stereocenters. The lowest BCUT2D eigenvalue weighted by molar-refractivity contribution is -0.135. The quantitative estimate of drug-likeness (QED) is 0.581. The number of hydrogen-bond donors (Lipinski definition) is 0. The van der Waals surface area contributed by atoms with E-state index >= 15 is 0 Å². The van der Waals surface area contributed by atoms with Crippen LogP contribution >= 0.6 is 0 Å². The molecule has 2 heterocycles. The number of rotatable bonds is 3. The molecule has 74 valence electrons. The zero-order chi connectivity index (χ0) is 9.10. The van der Waals surface area contributed by atoms with E-state index in [0.29, 0.717) is 25.7 Å². The van der Waals surface area contributed by atoms with Gasteiger partial charge in [0.25, 0.3) is 6.47 Å². The minimum absolute atomic E-state index is 0.0457. The maximum Gasteiger partial charge on any atom is 0.293 e. The van der Waals surface area contributed by atoms with Crippen LogP contribution in [0.2, 0.25) is 0 Å². The highest BCUT2D eigenvalue weighted by atomic mass is 16.6. The smallest absolute Gasteiger partial charge is 0.293 e. The van der Waals surface area contributed by atoms with Crippen LogP contribution in [-0.4, -0.2) is 49.8 Å². The van der Waals surface area contributed by atoms with E-state index < -0.39 is 0 Å². The summed E-state index contributed by atoms with van der Waals surface area (Å²) in [6, 6.07) is 0.299. The van der Waals surface area contributed by atoms with Gasteiger partial charge >= 0.3 is 0 Å². The molecule has 2 aliphatic rings. The lowest BCUT2D eigenvalue weighted by Crippen LogP contribution is -2.42. The maximum atomic E-state index is 10.2. The highest BCUT2D eigenvalue weighted by Crippen LogP contribution is 2.20. The maximum absolute atomic E-state index is 10.2. The molecule has 2 rings (SSSR count). The zero-order valence-electron chi connectivity index (χ0n) is 7.65. The number of nitrogens with zero attached hydrogens (tertiary/aromatic N) is 1. The van der Waals surface area contributed by atoms with Crippen LogP contribution < -0.4 is 0 Å². The highest BCUT2D eigenvalue weighted by Gasteiger charge is 2.35. The van der Waals surface area contributed by atoms with Crippen molar-refractivity contribution in [2.24, 2.45) is 0 Å². The first-order valence-electron chi connectivity index (χ1n) is 4.82. The van der Waals surface area contributed by atoms with Crippen LogP contribution in [0.15, 0.2) is 0 Å². The summed E-state index contributed by atoms with van der Waals surface area (Å²) in [5, 5.41) is 0. The van der Waals surface area contributed by atoms with Gasteiger partial charge in [0, 0.05) is 0 Å². The average Bonchev–Trinajstić information content (AvgIpc) is 2.71. The van der Waals surface area contributed by atoms with Crippen molar-refractivity contribution in [1.82, 2.24) is 4.90 Å². The molecule has 0 aliphatic carbocycles. The van der Waals surface area contributed by atoms with Crippen LogP contribution in [0.4, 0.5) is 0 Å². The summed E-state index contributed by atoms with van der Waals surface area (Å²) in [5.74, 6) is 0. The van der Waals surface area contributed by atoms with Gasteiger partial charge in [-0.25, -0.2) is 0 Å². The Labute approximate surface area is 77.8 Å². The predicted molar refractivity (Wildman–Crippen MR) is 46.4 cm³/mol. The van der Waals surface area contributed by atoms with Crippen LogP contribution in [0.3, 0.4) is 0 Å². The molecule has 0 N–H and O–H groups in total. The summed E-state index contributed by atoms with van der Waals surface area (Å²) >= 11 is 0. The van der Waals surface area contributed by atoms with Crippen molar-refractivity contribution in [3.05, 3.63) is 0 Å². The molecule has 0 amide bonds. The molecule has 2 fully saturated rings. The first-order valence-corrected chi connectivity index (χ1v) is 4.82. The molecule has 0 aromatic heterocycles. The SMILES string of the molecule is O=COC1COCC1N1CCCC1. The molecule has 0 bridgehead atoms. The molecule has 0 aromatic rings. The predicted octanol–water partition coefficient (Wildman–Crippen LogP) is 0.0226. The van der Waals surface area contributed by atoms with Crippen molar-refractivity contribution in [3.63, 3.8) is 0 Å². The van der Waals surface area contributed by atoms with Gasteiger partial charge in [-0.15, -0.1) is 0 Å². The van der Waals surface area contributed by atoms with Gasteiger partial charge < -0.3 is 9.47 Å².